The number of amides is 3. The van der Waals surface area contributed by atoms with Crippen LogP contribution in [-0.4, -0.2) is 113 Å². The summed E-state index contributed by atoms with van der Waals surface area (Å²) in [6.07, 6.45) is 10.1. The molecule has 9 nitrogen and oxygen atoms in total. The van der Waals surface area contributed by atoms with Crippen LogP contribution < -0.4 is 0 Å². The SMILES string of the molecule is Cc1cncc2c1c(C[C@@H]1CCN(CC3CCN(C(=O)N4CCOCC4)CC3)C1)cn2-c1ccc(F)cc1C(=O)N(C)C(C)C. The van der Waals surface area contributed by atoms with Crippen LogP contribution in [-0.2, 0) is 11.2 Å². The summed E-state index contributed by atoms with van der Waals surface area (Å²) >= 11 is 0. The summed E-state index contributed by atoms with van der Waals surface area (Å²) < 4.78 is 21.9. The van der Waals surface area contributed by atoms with Crippen LogP contribution in [0.15, 0.2) is 36.8 Å². The number of morpholine rings is 1. The first-order valence-electron chi connectivity index (χ1n) is 16.5. The molecule has 0 radical (unpaired) electrons. The first kappa shape index (κ1) is 31.5. The lowest BCUT2D eigenvalue weighted by atomic mass is 9.96. The Morgan fingerprint density at radius 1 is 1.02 bits per heavy atom. The van der Waals surface area contributed by atoms with Crippen LogP contribution in [0.4, 0.5) is 9.18 Å². The zero-order valence-corrected chi connectivity index (χ0v) is 27.2. The topological polar surface area (TPSA) is 74.2 Å². The van der Waals surface area contributed by atoms with E-state index in [1.807, 2.05) is 40.6 Å². The normalized spacial score (nSPS) is 20.0. The number of aryl methyl sites for hydroxylation is 1. The molecule has 0 spiro atoms. The molecule has 0 unspecified atom stereocenters. The van der Waals surface area contributed by atoms with Gasteiger partial charge in [0.05, 0.1) is 36.2 Å². The Labute approximate surface area is 265 Å². The van der Waals surface area contributed by atoms with Crippen LogP contribution in [0.25, 0.3) is 16.6 Å². The van der Waals surface area contributed by atoms with Gasteiger partial charge in [-0.3, -0.25) is 9.78 Å². The number of carbonyl (C=O) groups excluding carboxylic acids is 2. The van der Waals surface area contributed by atoms with Gasteiger partial charge in [-0.2, -0.15) is 0 Å². The summed E-state index contributed by atoms with van der Waals surface area (Å²) in [6.45, 7) is 13.6. The quantitative estimate of drug-likeness (QED) is 0.374. The lowest BCUT2D eigenvalue weighted by Gasteiger charge is -2.38. The molecular weight excluding hydrogens is 571 g/mol. The maximum atomic E-state index is 14.5. The van der Waals surface area contributed by atoms with Gasteiger partial charge in [-0.1, -0.05) is 0 Å². The van der Waals surface area contributed by atoms with Gasteiger partial charge in [-0.05, 0) is 94.2 Å². The fourth-order valence-electron chi connectivity index (χ4n) is 7.29. The Hall–Kier alpha value is -3.50. The molecule has 0 saturated carbocycles. The maximum Gasteiger partial charge on any atom is 0.320 e. The molecule has 5 heterocycles. The van der Waals surface area contributed by atoms with Gasteiger partial charge in [0.2, 0.25) is 0 Å². The van der Waals surface area contributed by atoms with Crippen molar-refractivity contribution in [2.24, 2.45) is 11.8 Å². The van der Waals surface area contributed by atoms with E-state index < -0.39 is 5.82 Å². The molecular formula is C35H47FN6O3. The van der Waals surface area contributed by atoms with E-state index in [0.717, 1.165) is 69.5 Å². The fraction of sp³-hybridized carbons (Fsp3) is 0.571. The molecule has 3 saturated heterocycles. The van der Waals surface area contributed by atoms with Crippen molar-refractivity contribution in [1.29, 1.82) is 0 Å². The van der Waals surface area contributed by atoms with Crippen molar-refractivity contribution < 1.29 is 18.7 Å². The summed E-state index contributed by atoms with van der Waals surface area (Å²) in [7, 11) is 1.76. The number of hydrogen-bond donors (Lipinski definition) is 0. The predicted octanol–water partition coefficient (Wildman–Crippen LogP) is 4.98. The molecule has 242 valence electrons. The second-order valence-corrected chi connectivity index (χ2v) is 13.5. The average Bonchev–Trinajstić information content (AvgIpc) is 3.65. The van der Waals surface area contributed by atoms with Crippen LogP contribution in [0, 0.1) is 24.6 Å². The van der Waals surface area contributed by atoms with Gasteiger partial charge >= 0.3 is 6.03 Å². The molecule has 0 aliphatic carbocycles. The van der Waals surface area contributed by atoms with Crippen molar-refractivity contribution in [3.05, 3.63) is 59.3 Å². The van der Waals surface area contributed by atoms with Gasteiger partial charge in [0.15, 0.2) is 0 Å². The number of fused-ring (bicyclic) bond motifs is 1. The molecule has 3 fully saturated rings. The number of carbonyl (C=O) groups is 2. The van der Waals surface area contributed by atoms with Crippen LogP contribution in [0.1, 0.15) is 54.6 Å². The monoisotopic (exact) mass is 618 g/mol. The van der Waals surface area contributed by atoms with E-state index >= 15 is 0 Å². The van der Waals surface area contributed by atoms with E-state index in [9.17, 15) is 14.0 Å². The molecule has 3 aliphatic heterocycles. The second-order valence-electron chi connectivity index (χ2n) is 13.5. The number of halogens is 1. The van der Waals surface area contributed by atoms with Crippen molar-refractivity contribution in [2.75, 3.05) is 66.1 Å². The summed E-state index contributed by atoms with van der Waals surface area (Å²) in [5.74, 6) is 0.518. The number of likely N-dealkylation sites (tertiary alicyclic amines) is 2. The summed E-state index contributed by atoms with van der Waals surface area (Å²) in [5.41, 5.74) is 4.30. The smallest absolute Gasteiger partial charge is 0.320 e. The van der Waals surface area contributed by atoms with Gasteiger partial charge in [0.25, 0.3) is 5.91 Å². The number of ether oxygens (including phenoxy) is 1. The minimum Gasteiger partial charge on any atom is -0.378 e. The number of pyridine rings is 1. The van der Waals surface area contributed by atoms with Crippen LogP contribution in [0.5, 0.6) is 0 Å². The lowest BCUT2D eigenvalue weighted by molar-refractivity contribution is 0.0393. The van der Waals surface area contributed by atoms with E-state index in [4.69, 9.17) is 4.74 Å². The standard InChI is InChI=1S/C35H47FN6O3/c1-24(2)38(4)34(43)30-18-29(36)5-6-31(30)42-23-28(33-25(3)19-37-20-32(33)42)17-27-7-10-39(22-27)21-26-8-11-40(12-9-26)35(44)41-13-15-45-16-14-41/h5-6,18-20,23-24,26-27H,7-17,21-22H2,1-4H3/t27-/m0/s1. The molecule has 10 heteroatoms. The molecule has 1 atom stereocenters. The summed E-state index contributed by atoms with van der Waals surface area (Å²) in [4.78, 5) is 39.1. The van der Waals surface area contributed by atoms with Gasteiger partial charge < -0.3 is 28.9 Å². The minimum atomic E-state index is -0.425. The van der Waals surface area contributed by atoms with Crippen molar-refractivity contribution in [3.8, 4) is 5.69 Å². The third-order valence-corrected chi connectivity index (χ3v) is 10.1. The van der Waals surface area contributed by atoms with Gasteiger partial charge in [0.1, 0.15) is 5.82 Å². The Balaban J connectivity index is 1.13. The number of hydrogen-bond acceptors (Lipinski definition) is 5. The first-order chi connectivity index (χ1) is 21.7. The molecule has 3 amide bonds. The van der Waals surface area contributed by atoms with E-state index in [0.29, 0.717) is 49.4 Å². The van der Waals surface area contributed by atoms with Crippen molar-refractivity contribution in [1.82, 2.24) is 29.2 Å². The average molecular weight is 619 g/mol. The predicted molar refractivity (Wildman–Crippen MR) is 173 cm³/mol. The zero-order valence-electron chi connectivity index (χ0n) is 27.2. The van der Waals surface area contributed by atoms with E-state index in [2.05, 4.69) is 23.0 Å². The third kappa shape index (κ3) is 6.72. The Kier molecular flexibility index (Phi) is 9.42. The summed E-state index contributed by atoms with van der Waals surface area (Å²) in [6, 6.07) is 4.65. The number of benzene rings is 1. The van der Waals surface area contributed by atoms with Gasteiger partial charge in [0, 0.05) is 70.1 Å². The van der Waals surface area contributed by atoms with Crippen LogP contribution >= 0.6 is 0 Å². The van der Waals surface area contributed by atoms with Crippen molar-refractivity contribution >= 4 is 22.8 Å². The molecule has 0 bridgehead atoms. The molecule has 0 N–H and O–H groups in total. The Morgan fingerprint density at radius 3 is 2.47 bits per heavy atom. The Morgan fingerprint density at radius 2 is 1.73 bits per heavy atom. The highest BCUT2D eigenvalue weighted by atomic mass is 19.1. The molecule has 2 aromatic heterocycles. The van der Waals surface area contributed by atoms with Crippen LogP contribution in [0.3, 0.4) is 0 Å². The van der Waals surface area contributed by atoms with Crippen LogP contribution in [0.2, 0.25) is 0 Å². The highest BCUT2D eigenvalue weighted by molar-refractivity contribution is 5.99. The highest BCUT2D eigenvalue weighted by Crippen LogP contribution is 2.33. The van der Waals surface area contributed by atoms with E-state index in [-0.39, 0.29) is 18.0 Å². The first-order valence-corrected chi connectivity index (χ1v) is 16.5. The largest absolute Gasteiger partial charge is 0.378 e. The zero-order chi connectivity index (χ0) is 31.7. The lowest BCUT2D eigenvalue weighted by Crippen LogP contribution is -2.51. The highest BCUT2D eigenvalue weighted by Gasteiger charge is 2.31. The number of rotatable bonds is 7. The Bertz CT molecular complexity index is 1530. The third-order valence-electron chi connectivity index (χ3n) is 10.1. The van der Waals surface area contributed by atoms with Gasteiger partial charge in [-0.15, -0.1) is 0 Å². The molecule has 45 heavy (non-hydrogen) atoms. The summed E-state index contributed by atoms with van der Waals surface area (Å²) in [5, 5.41) is 1.17. The molecule has 1 aromatic carbocycles. The number of aromatic nitrogens is 2. The fourth-order valence-corrected chi connectivity index (χ4v) is 7.29. The minimum absolute atomic E-state index is 0.00931. The molecule has 3 aromatic rings. The van der Waals surface area contributed by atoms with Gasteiger partial charge in [-0.25, -0.2) is 9.18 Å². The second kappa shape index (κ2) is 13.5. The number of piperidine rings is 1. The molecule has 6 rings (SSSR count). The van der Waals surface area contributed by atoms with Crippen molar-refractivity contribution in [2.45, 2.75) is 52.5 Å². The molecule has 3 aliphatic rings. The number of nitrogens with zero attached hydrogens (tertiary/aromatic N) is 6. The van der Waals surface area contributed by atoms with E-state index in [1.54, 1.807) is 18.0 Å². The number of urea groups is 1. The van der Waals surface area contributed by atoms with Crippen molar-refractivity contribution in [3.63, 3.8) is 0 Å². The van der Waals surface area contributed by atoms with E-state index in [1.165, 1.54) is 23.1 Å². The maximum absolute atomic E-state index is 14.5.